The van der Waals surface area contributed by atoms with Gasteiger partial charge in [-0.2, -0.15) is 5.26 Å². The van der Waals surface area contributed by atoms with Crippen LogP contribution in [0.2, 0.25) is 0 Å². The molecule has 0 bridgehead atoms. The molecule has 110 valence electrons. The summed E-state index contributed by atoms with van der Waals surface area (Å²) in [7, 11) is 0. The zero-order valence-corrected chi connectivity index (χ0v) is 13.0. The predicted molar refractivity (Wildman–Crippen MR) is 82.7 cm³/mol. The SMILES string of the molecule is N#CCCCSc1nnc(-c2cccs2)n1CCC(N)=O. The van der Waals surface area contributed by atoms with Gasteiger partial charge in [-0.25, -0.2) is 0 Å². The molecule has 6 nitrogen and oxygen atoms in total. The van der Waals surface area contributed by atoms with Crippen molar-refractivity contribution in [2.45, 2.75) is 31.0 Å². The van der Waals surface area contributed by atoms with Crippen molar-refractivity contribution in [3.63, 3.8) is 0 Å². The molecule has 0 aliphatic rings. The first-order valence-corrected chi connectivity index (χ1v) is 8.34. The Kier molecular flexibility index (Phi) is 5.78. The van der Waals surface area contributed by atoms with Crippen molar-refractivity contribution in [3.05, 3.63) is 17.5 Å². The van der Waals surface area contributed by atoms with Crippen LogP contribution in [0.4, 0.5) is 0 Å². The second kappa shape index (κ2) is 7.81. The smallest absolute Gasteiger partial charge is 0.219 e. The molecule has 0 radical (unpaired) electrons. The molecule has 2 aromatic heterocycles. The lowest BCUT2D eigenvalue weighted by atomic mass is 10.4. The molecule has 21 heavy (non-hydrogen) atoms. The molecule has 0 aliphatic carbocycles. The molecule has 0 aromatic carbocycles. The lowest BCUT2D eigenvalue weighted by Gasteiger charge is -2.07. The van der Waals surface area contributed by atoms with Crippen LogP contribution in [0.25, 0.3) is 10.7 Å². The zero-order chi connectivity index (χ0) is 15.1. The number of aromatic nitrogens is 3. The van der Waals surface area contributed by atoms with Gasteiger partial charge < -0.3 is 10.3 Å². The first-order valence-electron chi connectivity index (χ1n) is 6.47. The summed E-state index contributed by atoms with van der Waals surface area (Å²) in [5, 5.41) is 19.7. The van der Waals surface area contributed by atoms with Gasteiger partial charge in [0.15, 0.2) is 11.0 Å². The number of carbonyl (C=O) groups is 1. The molecule has 0 atom stereocenters. The zero-order valence-electron chi connectivity index (χ0n) is 11.4. The fourth-order valence-corrected chi connectivity index (χ4v) is 3.34. The molecule has 0 saturated heterocycles. The predicted octanol–water partition coefficient (Wildman–Crippen LogP) is 2.28. The second-order valence-corrected chi connectivity index (χ2v) is 6.27. The molecule has 0 spiro atoms. The van der Waals surface area contributed by atoms with Gasteiger partial charge in [-0.3, -0.25) is 4.79 Å². The molecule has 2 heterocycles. The maximum atomic E-state index is 11.0. The number of hydrogen-bond donors (Lipinski definition) is 1. The van der Waals surface area contributed by atoms with Gasteiger partial charge in [-0.1, -0.05) is 17.8 Å². The van der Waals surface area contributed by atoms with E-state index in [0.29, 0.717) is 13.0 Å². The number of hydrogen-bond acceptors (Lipinski definition) is 6. The average Bonchev–Trinajstić information content (AvgIpc) is 3.10. The minimum atomic E-state index is -0.346. The van der Waals surface area contributed by atoms with E-state index in [-0.39, 0.29) is 12.3 Å². The van der Waals surface area contributed by atoms with Crippen LogP contribution in [0.3, 0.4) is 0 Å². The maximum Gasteiger partial charge on any atom is 0.219 e. The van der Waals surface area contributed by atoms with Gasteiger partial charge in [0.1, 0.15) is 0 Å². The van der Waals surface area contributed by atoms with Crippen LogP contribution in [0, 0.1) is 11.3 Å². The number of unbranched alkanes of at least 4 members (excludes halogenated alkanes) is 1. The Morgan fingerprint density at radius 2 is 2.38 bits per heavy atom. The van der Waals surface area contributed by atoms with Crippen molar-refractivity contribution >= 4 is 29.0 Å². The number of nitrogens with zero attached hydrogens (tertiary/aromatic N) is 4. The highest BCUT2D eigenvalue weighted by Gasteiger charge is 2.15. The van der Waals surface area contributed by atoms with Crippen molar-refractivity contribution < 1.29 is 4.79 Å². The number of nitriles is 1. The summed E-state index contributed by atoms with van der Waals surface area (Å²) in [5.41, 5.74) is 5.23. The average molecular weight is 321 g/mol. The Morgan fingerprint density at radius 1 is 1.52 bits per heavy atom. The van der Waals surface area contributed by atoms with Crippen molar-refractivity contribution in [1.29, 1.82) is 5.26 Å². The monoisotopic (exact) mass is 321 g/mol. The van der Waals surface area contributed by atoms with Crippen LogP contribution in [-0.2, 0) is 11.3 Å². The molecule has 0 saturated carbocycles. The largest absolute Gasteiger partial charge is 0.370 e. The normalized spacial score (nSPS) is 10.4. The number of rotatable bonds is 8. The van der Waals surface area contributed by atoms with Crippen LogP contribution < -0.4 is 5.73 Å². The maximum absolute atomic E-state index is 11.0. The first kappa shape index (κ1) is 15.5. The number of thioether (sulfide) groups is 1. The number of amides is 1. The van der Waals surface area contributed by atoms with Crippen molar-refractivity contribution in [3.8, 4) is 16.8 Å². The molecule has 1 amide bonds. The van der Waals surface area contributed by atoms with Gasteiger partial charge in [0.2, 0.25) is 5.91 Å². The molecule has 0 aliphatic heterocycles. The van der Waals surface area contributed by atoms with E-state index in [1.807, 2.05) is 22.1 Å². The van der Waals surface area contributed by atoms with Crippen molar-refractivity contribution in [2.24, 2.45) is 5.73 Å². The van der Waals surface area contributed by atoms with Crippen LogP contribution >= 0.6 is 23.1 Å². The summed E-state index contributed by atoms with van der Waals surface area (Å²) in [5.74, 6) is 1.21. The van der Waals surface area contributed by atoms with E-state index in [4.69, 9.17) is 11.0 Å². The van der Waals surface area contributed by atoms with E-state index in [1.165, 1.54) is 0 Å². The lowest BCUT2D eigenvalue weighted by molar-refractivity contribution is -0.118. The third-order valence-corrected chi connectivity index (χ3v) is 4.62. The molecule has 8 heteroatoms. The van der Waals surface area contributed by atoms with E-state index < -0.39 is 0 Å². The van der Waals surface area contributed by atoms with Crippen LogP contribution in [0.5, 0.6) is 0 Å². The van der Waals surface area contributed by atoms with Gasteiger partial charge in [0.25, 0.3) is 0 Å². The van der Waals surface area contributed by atoms with Gasteiger partial charge in [-0.15, -0.1) is 21.5 Å². The van der Waals surface area contributed by atoms with Crippen LogP contribution in [-0.4, -0.2) is 26.4 Å². The number of nitrogens with two attached hydrogens (primary N) is 1. The highest BCUT2D eigenvalue weighted by atomic mass is 32.2. The molecule has 2 rings (SSSR count). The Hall–Kier alpha value is -1.85. The Bertz CT molecular complexity index is 630. The summed E-state index contributed by atoms with van der Waals surface area (Å²) in [6.45, 7) is 0.468. The van der Waals surface area contributed by atoms with Gasteiger partial charge >= 0.3 is 0 Å². The number of carbonyl (C=O) groups excluding carboxylic acids is 1. The molecular weight excluding hydrogens is 306 g/mol. The molecule has 2 N–H and O–H groups in total. The quantitative estimate of drug-likeness (QED) is 0.594. The minimum Gasteiger partial charge on any atom is -0.370 e. The summed E-state index contributed by atoms with van der Waals surface area (Å²) >= 11 is 3.13. The van der Waals surface area contributed by atoms with Gasteiger partial charge in [0.05, 0.1) is 10.9 Å². The van der Waals surface area contributed by atoms with Crippen LogP contribution in [0.1, 0.15) is 19.3 Å². The standard InChI is InChI=1S/C13H15N5OS2/c14-6-1-2-8-21-13-17-16-12(10-4-3-9-20-10)18(13)7-5-11(15)19/h3-4,9H,1-2,5,7-8H2,(H2,15,19). The third-order valence-electron chi connectivity index (χ3n) is 2.70. The first-order chi connectivity index (χ1) is 10.2. The summed E-state index contributed by atoms with van der Waals surface area (Å²) in [4.78, 5) is 12.0. The van der Waals surface area contributed by atoms with Crippen molar-refractivity contribution in [1.82, 2.24) is 14.8 Å². The van der Waals surface area contributed by atoms with Crippen molar-refractivity contribution in [2.75, 3.05) is 5.75 Å². The van der Waals surface area contributed by atoms with E-state index in [2.05, 4.69) is 16.3 Å². The molecule has 0 fully saturated rings. The Morgan fingerprint density at radius 3 is 3.05 bits per heavy atom. The van der Waals surface area contributed by atoms with Gasteiger partial charge in [-0.05, 0) is 17.9 Å². The summed E-state index contributed by atoms with van der Waals surface area (Å²) in [6, 6.07) is 6.04. The highest BCUT2D eigenvalue weighted by Crippen LogP contribution is 2.27. The van der Waals surface area contributed by atoms with E-state index in [0.717, 1.165) is 28.0 Å². The molecule has 0 unspecified atom stereocenters. The number of thiophene rings is 1. The Labute approximate surface area is 131 Å². The third kappa shape index (κ3) is 4.31. The lowest BCUT2D eigenvalue weighted by Crippen LogP contribution is -2.14. The Balaban J connectivity index is 2.15. The highest BCUT2D eigenvalue weighted by molar-refractivity contribution is 7.99. The van der Waals surface area contributed by atoms with E-state index in [9.17, 15) is 4.79 Å². The summed E-state index contributed by atoms with van der Waals surface area (Å²) in [6.07, 6.45) is 1.58. The van der Waals surface area contributed by atoms with Crippen LogP contribution in [0.15, 0.2) is 22.7 Å². The number of primary amides is 1. The topological polar surface area (TPSA) is 97.6 Å². The fraction of sp³-hybridized carbons (Fsp3) is 0.385. The fourth-order valence-electron chi connectivity index (χ4n) is 1.72. The molecule has 2 aromatic rings. The minimum absolute atomic E-state index is 0.252. The van der Waals surface area contributed by atoms with Gasteiger partial charge in [0, 0.05) is 25.1 Å². The molecular formula is C13H15N5OS2. The van der Waals surface area contributed by atoms with E-state index in [1.54, 1.807) is 23.1 Å². The summed E-state index contributed by atoms with van der Waals surface area (Å²) < 4.78 is 1.92. The second-order valence-electron chi connectivity index (χ2n) is 4.26. The van der Waals surface area contributed by atoms with E-state index >= 15 is 0 Å².